The number of likely N-dealkylation sites (tertiary alicyclic amines) is 1. The van der Waals surface area contributed by atoms with Crippen LogP contribution in [0.2, 0.25) is 0 Å². The van der Waals surface area contributed by atoms with E-state index in [9.17, 15) is 9.90 Å². The third-order valence-corrected chi connectivity index (χ3v) is 3.75. The molecule has 1 aliphatic rings. The van der Waals surface area contributed by atoms with Gasteiger partial charge < -0.3 is 5.11 Å². The van der Waals surface area contributed by atoms with Crippen molar-refractivity contribution in [3.63, 3.8) is 0 Å². The number of hydrazine groups is 1. The van der Waals surface area contributed by atoms with Crippen LogP contribution in [0.15, 0.2) is 30.3 Å². The standard InChI is InChI=1S/C14H21N3O2/c1-14(19)7-9-17(10-8-14)12(13(18)16-15)11-5-3-2-4-6-11/h2-6,12,19H,7-10,15H2,1H3,(H,16,18). The Labute approximate surface area is 113 Å². The summed E-state index contributed by atoms with van der Waals surface area (Å²) in [6, 6.07) is 9.20. The predicted octanol–water partition coefficient (Wildman–Crippen LogP) is 0.564. The van der Waals surface area contributed by atoms with Crippen molar-refractivity contribution in [2.75, 3.05) is 13.1 Å². The lowest BCUT2D eigenvalue weighted by Gasteiger charge is -2.39. The van der Waals surface area contributed by atoms with Crippen molar-refractivity contribution in [1.82, 2.24) is 10.3 Å². The number of aliphatic hydroxyl groups is 1. The molecule has 2 rings (SSSR count). The molecular weight excluding hydrogens is 242 g/mol. The van der Waals surface area contributed by atoms with Gasteiger partial charge in [0.2, 0.25) is 0 Å². The van der Waals surface area contributed by atoms with Crippen LogP contribution in [0.4, 0.5) is 0 Å². The Morgan fingerprint density at radius 1 is 1.37 bits per heavy atom. The first kappa shape index (κ1) is 14.0. The fraction of sp³-hybridized carbons (Fsp3) is 0.500. The van der Waals surface area contributed by atoms with E-state index in [4.69, 9.17) is 5.84 Å². The van der Waals surface area contributed by atoms with Gasteiger partial charge in [-0.25, -0.2) is 5.84 Å². The number of benzene rings is 1. The summed E-state index contributed by atoms with van der Waals surface area (Å²) in [6.45, 7) is 3.20. The van der Waals surface area contributed by atoms with Gasteiger partial charge in [0.15, 0.2) is 0 Å². The van der Waals surface area contributed by atoms with Gasteiger partial charge in [-0.2, -0.15) is 0 Å². The molecule has 19 heavy (non-hydrogen) atoms. The van der Waals surface area contributed by atoms with Gasteiger partial charge in [-0.1, -0.05) is 30.3 Å². The number of nitrogens with two attached hydrogens (primary N) is 1. The number of carbonyl (C=O) groups excluding carboxylic acids is 1. The molecule has 1 heterocycles. The van der Waals surface area contributed by atoms with Crippen molar-refractivity contribution in [3.05, 3.63) is 35.9 Å². The number of hydrogen-bond acceptors (Lipinski definition) is 4. The van der Waals surface area contributed by atoms with E-state index in [0.29, 0.717) is 25.9 Å². The van der Waals surface area contributed by atoms with E-state index in [2.05, 4.69) is 10.3 Å². The Morgan fingerprint density at radius 3 is 2.47 bits per heavy atom. The van der Waals surface area contributed by atoms with E-state index < -0.39 is 5.60 Å². The zero-order valence-corrected chi connectivity index (χ0v) is 11.2. The molecule has 0 bridgehead atoms. The first-order valence-corrected chi connectivity index (χ1v) is 6.55. The molecule has 1 amide bonds. The van der Waals surface area contributed by atoms with Crippen LogP contribution in [0, 0.1) is 0 Å². The van der Waals surface area contributed by atoms with E-state index in [1.807, 2.05) is 37.3 Å². The van der Waals surface area contributed by atoms with Crippen LogP contribution in [0.1, 0.15) is 31.4 Å². The molecule has 0 aromatic heterocycles. The number of hydrogen-bond donors (Lipinski definition) is 3. The molecule has 1 aromatic carbocycles. The number of nitrogens with zero attached hydrogens (tertiary/aromatic N) is 1. The van der Waals surface area contributed by atoms with Crippen LogP contribution in [0.25, 0.3) is 0 Å². The van der Waals surface area contributed by atoms with Crippen LogP contribution in [0.3, 0.4) is 0 Å². The maximum absolute atomic E-state index is 12.0. The lowest BCUT2D eigenvalue weighted by atomic mass is 9.91. The van der Waals surface area contributed by atoms with E-state index in [1.54, 1.807) is 0 Å². The summed E-state index contributed by atoms with van der Waals surface area (Å²) >= 11 is 0. The van der Waals surface area contributed by atoms with Crippen LogP contribution in [0.5, 0.6) is 0 Å². The first-order chi connectivity index (χ1) is 9.03. The fourth-order valence-corrected chi connectivity index (χ4v) is 2.51. The number of amides is 1. The molecule has 1 unspecified atom stereocenters. The van der Waals surface area contributed by atoms with Gasteiger partial charge in [0.05, 0.1) is 5.60 Å². The number of carbonyl (C=O) groups is 1. The Bertz CT molecular complexity index is 424. The van der Waals surface area contributed by atoms with Crippen molar-refractivity contribution in [2.24, 2.45) is 5.84 Å². The molecule has 1 aromatic rings. The van der Waals surface area contributed by atoms with Crippen molar-refractivity contribution in [2.45, 2.75) is 31.4 Å². The van der Waals surface area contributed by atoms with E-state index in [1.165, 1.54) is 0 Å². The molecule has 1 atom stereocenters. The van der Waals surface area contributed by atoms with Crippen LogP contribution in [-0.2, 0) is 4.79 Å². The minimum absolute atomic E-state index is 0.215. The molecule has 0 spiro atoms. The van der Waals surface area contributed by atoms with Crippen LogP contribution < -0.4 is 11.3 Å². The van der Waals surface area contributed by atoms with Crippen molar-refractivity contribution < 1.29 is 9.90 Å². The molecule has 1 aliphatic heterocycles. The number of piperidine rings is 1. The monoisotopic (exact) mass is 263 g/mol. The van der Waals surface area contributed by atoms with E-state index >= 15 is 0 Å². The highest BCUT2D eigenvalue weighted by Crippen LogP contribution is 2.28. The molecule has 5 nitrogen and oxygen atoms in total. The average Bonchev–Trinajstić information content (AvgIpc) is 2.42. The van der Waals surface area contributed by atoms with Gasteiger partial charge in [-0.3, -0.25) is 15.1 Å². The third kappa shape index (κ3) is 3.32. The first-order valence-electron chi connectivity index (χ1n) is 6.55. The molecule has 4 N–H and O–H groups in total. The van der Waals surface area contributed by atoms with Gasteiger partial charge in [0.1, 0.15) is 6.04 Å². The molecule has 1 fully saturated rings. The SMILES string of the molecule is CC1(O)CCN(C(C(=O)NN)c2ccccc2)CC1. The molecular formula is C14H21N3O2. The van der Waals surface area contributed by atoms with Gasteiger partial charge in [0, 0.05) is 13.1 Å². The average molecular weight is 263 g/mol. The molecule has 1 saturated heterocycles. The number of nitrogens with one attached hydrogen (secondary N) is 1. The minimum atomic E-state index is -0.628. The third-order valence-electron chi connectivity index (χ3n) is 3.75. The summed E-state index contributed by atoms with van der Waals surface area (Å²) < 4.78 is 0. The second-order valence-corrected chi connectivity index (χ2v) is 5.35. The zero-order chi connectivity index (χ0) is 13.9. The highest BCUT2D eigenvalue weighted by atomic mass is 16.3. The Balaban J connectivity index is 2.18. The molecule has 0 aliphatic carbocycles. The largest absolute Gasteiger partial charge is 0.390 e. The molecule has 5 heteroatoms. The Morgan fingerprint density at radius 2 is 1.95 bits per heavy atom. The lowest BCUT2D eigenvalue weighted by molar-refractivity contribution is -0.128. The predicted molar refractivity (Wildman–Crippen MR) is 72.9 cm³/mol. The highest BCUT2D eigenvalue weighted by molar-refractivity contribution is 5.82. The summed E-state index contributed by atoms with van der Waals surface area (Å²) in [6.07, 6.45) is 1.32. The maximum Gasteiger partial charge on any atom is 0.255 e. The molecule has 104 valence electrons. The second kappa shape index (κ2) is 5.69. The quantitative estimate of drug-likeness (QED) is 0.423. The minimum Gasteiger partial charge on any atom is -0.390 e. The van der Waals surface area contributed by atoms with Gasteiger partial charge in [-0.05, 0) is 25.3 Å². The van der Waals surface area contributed by atoms with Crippen molar-refractivity contribution in [1.29, 1.82) is 0 Å². The van der Waals surface area contributed by atoms with Gasteiger partial charge >= 0.3 is 0 Å². The summed E-state index contributed by atoms with van der Waals surface area (Å²) in [5, 5.41) is 9.99. The Kier molecular flexibility index (Phi) is 4.19. The van der Waals surface area contributed by atoms with E-state index in [-0.39, 0.29) is 11.9 Å². The van der Waals surface area contributed by atoms with Crippen molar-refractivity contribution >= 4 is 5.91 Å². The summed E-state index contributed by atoms with van der Waals surface area (Å²) in [4.78, 5) is 14.1. The molecule has 0 radical (unpaired) electrons. The van der Waals surface area contributed by atoms with Gasteiger partial charge in [-0.15, -0.1) is 0 Å². The zero-order valence-electron chi connectivity index (χ0n) is 11.2. The summed E-state index contributed by atoms with van der Waals surface area (Å²) in [5.74, 6) is 5.08. The summed E-state index contributed by atoms with van der Waals surface area (Å²) in [7, 11) is 0. The van der Waals surface area contributed by atoms with Crippen LogP contribution >= 0.6 is 0 Å². The summed E-state index contributed by atoms with van der Waals surface area (Å²) in [5.41, 5.74) is 2.53. The second-order valence-electron chi connectivity index (χ2n) is 5.35. The van der Waals surface area contributed by atoms with Crippen molar-refractivity contribution in [3.8, 4) is 0 Å². The fourth-order valence-electron chi connectivity index (χ4n) is 2.51. The molecule has 0 saturated carbocycles. The number of rotatable bonds is 3. The van der Waals surface area contributed by atoms with E-state index in [0.717, 1.165) is 5.56 Å². The van der Waals surface area contributed by atoms with Crippen LogP contribution in [-0.4, -0.2) is 34.6 Å². The highest BCUT2D eigenvalue weighted by Gasteiger charge is 2.34. The normalized spacial score (nSPS) is 20.8. The maximum atomic E-state index is 12.0. The Hall–Kier alpha value is -1.43. The smallest absolute Gasteiger partial charge is 0.255 e. The van der Waals surface area contributed by atoms with Gasteiger partial charge in [0.25, 0.3) is 5.91 Å². The topological polar surface area (TPSA) is 78.6 Å². The lowest BCUT2D eigenvalue weighted by Crippen LogP contribution is -2.49.